The highest BCUT2D eigenvalue weighted by molar-refractivity contribution is 6.10. The number of benzene rings is 3. The van der Waals surface area contributed by atoms with E-state index in [1.165, 1.54) is 7.05 Å². The van der Waals surface area contributed by atoms with Crippen LogP contribution in [0.4, 0.5) is 16.2 Å². The minimum atomic E-state index is -0.489. The normalized spacial score (nSPS) is 10.7. The van der Waals surface area contributed by atoms with E-state index >= 15 is 0 Å². The lowest BCUT2D eigenvalue weighted by Crippen LogP contribution is -2.18. The number of methoxy groups -OCH3 is 4. The number of rotatable bonds is 8. The van der Waals surface area contributed by atoms with Crippen molar-refractivity contribution in [2.24, 2.45) is 0 Å². The van der Waals surface area contributed by atoms with E-state index < -0.39 is 6.09 Å². The molecular formula is C26H27N3O6. The van der Waals surface area contributed by atoms with Crippen molar-refractivity contribution < 1.29 is 28.5 Å². The van der Waals surface area contributed by atoms with Crippen molar-refractivity contribution >= 4 is 39.3 Å². The highest BCUT2D eigenvalue weighted by Crippen LogP contribution is 2.42. The highest BCUT2D eigenvalue weighted by Gasteiger charge is 2.17. The van der Waals surface area contributed by atoms with Crippen molar-refractivity contribution in [3.8, 4) is 23.0 Å². The van der Waals surface area contributed by atoms with Crippen molar-refractivity contribution in [2.45, 2.75) is 6.61 Å². The van der Waals surface area contributed by atoms with Gasteiger partial charge < -0.3 is 34.3 Å². The molecule has 1 heterocycles. The van der Waals surface area contributed by atoms with Crippen molar-refractivity contribution in [3.63, 3.8) is 0 Å². The molecule has 0 fully saturated rings. The molecule has 1 aromatic heterocycles. The molecule has 2 N–H and O–H groups in total. The lowest BCUT2D eigenvalue weighted by molar-refractivity contribution is 0.142. The number of pyridine rings is 1. The molecule has 182 valence electrons. The van der Waals surface area contributed by atoms with Gasteiger partial charge in [-0.3, -0.25) is 0 Å². The van der Waals surface area contributed by atoms with Gasteiger partial charge in [-0.2, -0.15) is 0 Å². The SMILES string of the molecule is CNC(=O)OCc1cccc(Nc2c3cc(OC)c(OC)cc3nc3cc(OC)c(OC)cc23)c1. The fraction of sp³-hybridized carbons (Fsp3) is 0.231. The van der Waals surface area contributed by atoms with Crippen LogP contribution in [0.1, 0.15) is 5.56 Å². The van der Waals surface area contributed by atoms with Crippen LogP contribution >= 0.6 is 0 Å². The molecule has 4 aromatic rings. The second-order valence-electron chi connectivity index (χ2n) is 7.59. The molecule has 0 atom stereocenters. The standard InChI is InChI=1S/C26H27N3O6/c1-27-26(30)35-14-15-7-6-8-16(9-15)28-25-17-10-21(31-2)23(33-4)12-19(17)29-20-13-24(34-5)22(32-3)11-18(20)25/h6-13H,14H2,1-5H3,(H,27,30)(H,28,29). The quantitative estimate of drug-likeness (QED) is 0.341. The van der Waals surface area contributed by atoms with E-state index in [4.69, 9.17) is 28.7 Å². The van der Waals surface area contributed by atoms with Crippen LogP contribution in [0, 0.1) is 0 Å². The summed E-state index contributed by atoms with van der Waals surface area (Å²) in [6, 6.07) is 15.1. The maximum atomic E-state index is 11.5. The molecule has 35 heavy (non-hydrogen) atoms. The molecule has 1 amide bonds. The summed E-state index contributed by atoms with van der Waals surface area (Å²) in [5.41, 5.74) is 3.87. The zero-order chi connectivity index (χ0) is 24.9. The van der Waals surface area contributed by atoms with Gasteiger partial charge in [-0.15, -0.1) is 0 Å². The molecular weight excluding hydrogens is 450 g/mol. The van der Waals surface area contributed by atoms with Crippen LogP contribution in [0.2, 0.25) is 0 Å². The number of fused-ring (bicyclic) bond motifs is 2. The topological polar surface area (TPSA) is 100 Å². The number of nitrogens with one attached hydrogen (secondary N) is 2. The van der Waals surface area contributed by atoms with E-state index in [0.717, 1.165) is 27.7 Å². The summed E-state index contributed by atoms with van der Waals surface area (Å²) in [4.78, 5) is 16.3. The molecule has 0 radical (unpaired) electrons. The van der Waals surface area contributed by atoms with E-state index in [1.807, 2.05) is 48.5 Å². The van der Waals surface area contributed by atoms with Gasteiger partial charge in [0, 0.05) is 35.6 Å². The summed E-state index contributed by atoms with van der Waals surface area (Å²) in [5, 5.41) is 7.62. The largest absolute Gasteiger partial charge is 0.493 e. The van der Waals surface area contributed by atoms with Gasteiger partial charge in [-0.05, 0) is 29.8 Å². The molecule has 0 spiro atoms. The van der Waals surface area contributed by atoms with Crippen LogP contribution in [0.25, 0.3) is 21.8 Å². The number of carbonyl (C=O) groups excluding carboxylic acids is 1. The Morgan fingerprint density at radius 1 is 0.800 bits per heavy atom. The Morgan fingerprint density at radius 3 is 1.86 bits per heavy atom. The average Bonchev–Trinajstić information content (AvgIpc) is 2.90. The Balaban J connectivity index is 1.90. The monoisotopic (exact) mass is 477 g/mol. The van der Waals surface area contributed by atoms with Gasteiger partial charge in [0.15, 0.2) is 23.0 Å². The van der Waals surface area contributed by atoms with Gasteiger partial charge in [-0.1, -0.05) is 12.1 Å². The molecule has 0 saturated carbocycles. The zero-order valence-electron chi connectivity index (χ0n) is 20.2. The van der Waals surface area contributed by atoms with Crippen molar-refractivity contribution in [1.29, 1.82) is 0 Å². The molecule has 3 aromatic carbocycles. The maximum absolute atomic E-state index is 11.5. The van der Waals surface area contributed by atoms with E-state index in [-0.39, 0.29) is 6.61 Å². The molecule has 0 saturated heterocycles. The first-order chi connectivity index (χ1) is 17.0. The minimum absolute atomic E-state index is 0.142. The third-order valence-corrected chi connectivity index (χ3v) is 5.55. The Morgan fingerprint density at radius 2 is 1.34 bits per heavy atom. The van der Waals surface area contributed by atoms with Crippen molar-refractivity contribution in [3.05, 3.63) is 54.1 Å². The molecule has 9 nitrogen and oxygen atoms in total. The number of ether oxygens (including phenoxy) is 5. The van der Waals surface area contributed by atoms with E-state index in [9.17, 15) is 4.79 Å². The predicted octanol–water partition coefficient (Wildman–Crippen LogP) is 5.02. The first-order valence-electron chi connectivity index (χ1n) is 10.8. The van der Waals surface area contributed by atoms with Crippen molar-refractivity contribution in [1.82, 2.24) is 10.3 Å². The summed E-state index contributed by atoms with van der Waals surface area (Å²) in [7, 11) is 7.88. The first kappa shape index (κ1) is 23.7. The van der Waals surface area contributed by atoms with Gasteiger partial charge in [0.25, 0.3) is 0 Å². The van der Waals surface area contributed by atoms with Crippen LogP contribution in [0.5, 0.6) is 23.0 Å². The third-order valence-electron chi connectivity index (χ3n) is 5.55. The van der Waals surface area contributed by atoms with Gasteiger partial charge in [0.2, 0.25) is 0 Å². The number of hydrogen-bond donors (Lipinski definition) is 2. The van der Waals surface area contributed by atoms with Crippen LogP contribution in [-0.4, -0.2) is 46.6 Å². The van der Waals surface area contributed by atoms with Crippen molar-refractivity contribution in [2.75, 3.05) is 40.8 Å². The molecule has 9 heteroatoms. The van der Waals surface area contributed by atoms with E-state index in [1.54, 1.807) is 28.4 Å². The molecule has 4 rings (SSSR count). The van der Waals surface area contributed by atoms with Gasteiger partial charge in [0.05, 0.1) is 45.2 Å². The number of amides is 1. The number of alkyl carbamates (subject to hydrolysis) is 1. The molecule has 0 aliphatic heterocycles. The Hall–Kier alpha value is -4.40. The number of hydrogen-bond acceptors (Lipinski definition) is 8. The summed E-state index contributed by atoms with van der Waals surface area (Å²) < 4.78 is 27.3. The first-order valence-corrected chi connectivity index (χ1v) is 10.8. The average molecular weight is 478 g/mol. The summed E-state index contributed by atoms with van der Waals surface area (Å²) in [6.45, 7) is 0.142. The predicted molar refractivity (Wildman–Crippen MR) is 134 cm³/mol. The van der Waals surface area contributed by atoms with Gasteiger partial charge in [0.1, 0.15) is 6.61 Å². The van der Waals surface area contributed by atoms with Gasteiger partial charge in [-0.25, -0.2) is 9.78 Å². The Bertz CT molecular complexity index is 1320. The van der Waals surface area contributed by atoms with Crippen LogP contribution in [0.3, 0.4) is 0 Å². The summed E-state index contributed by atoms with van der Waals surface area (Å²) in [5.74, 6) is 2.31. The van der Waals surface area contributed by atoms with Crippen LogP contribution in [-0.2, 0) is 11.3 Å². The number of aromatic nitrogens is 1. The molecule has 0 aliphatic rings. The lowest BCUT2D eigenvalue weighted by Gasteiger charge is -2.17. The molecule has 0 bridgehead atoms. The second kappa shape index (κ2) is 10.3. The fourth-order valence-corrected chi connectivity index (χ4v) is 3.84. The zero-order valence-corrected chi connectivity index (χ0v) is 20.2. The maximum Gasteiger partial charge on any atom is 0.407 e. The molecule has 0 aliphatic carbocycles. The molecule has 0 unspecified atom stereocenters. The lowest BCUT2D eigenvalue weighted by atomic mass is 10.1. The Kier molecular flexibility index (Phi) is 6.96. The fourth-order valence-electron chi connectivity index (χ4n) is 3.84. The van der Waals surface area contributed by atoms with E-state index in [2.05, 4.69) is 10.6 Å². The number of nitrogens with zero attached hydrogens (tertiary/aromatic N) is 1. The minimum Gasteiger partial charge on any atom is -0.493 e. The second-order valence-corrected chi connectivity index (χ2v) is 7.59. The van der Waals surface area contributed by atoms with Gasteiger partial charge >= 0.3 is 6.09 Å². The van der Waals surface area contributed by atoms with Crippen LogP contribution < -0.4 is 29.6 Å². The Labute approximate surface area is 202 Å². The number of anilines is 2. The third kappa shape index (κ3) is 4.79. The summed E-state index contributed by atoms with van der Waals surface area (Å²) >= 11 is 0. The number of carbonyl (C=O) groups is 1. The van der Waals surface area contributed by atoms with E-state index in [0.29, 0.717) is 34.0 Å². The smallest absolute Gasteiger partial charge is 0.407 e. The van der Waals surface area contributed by atoms with Crippen LogP contribution in [0.15, 0.2) is 48.5 Å². The highest BCUT2D eigenvalue weighted by atomic mass is 16.5. The summed E-state index contributed by atoms with van der Waals surface area (Å²) in [6.07, 6.45) is -0.489.